The van der Waals surface area contributed by atoms with Gasteiger partial charge in [-0.05, 0) is 55.5 Å². The Labute approximate surface area is 168 Å². The topological polar surface area (TPSA) is 71.4 Å². The number of piperidine rings is 1. The van der Waals surface area contributed by atoms with E-state index in [2.05, 4.69) is 16.8 Å². The quantitative estimate of drug-likeness (QED) is 0.678. The highest BCUT2D eigenvalue weighted by atomic mass is 32.2. The summed E-state index contributed by atoms with van der Waals surface area (Å²) in [4.78, 5) is 13.2. The largest absolute Gasteiger partial charge is 0.348 e. The summed E-state index contributed by atoms with van der Waals surface area (Å²) in [6.07, 6.45) is 4.79. The predicted octanol–water partition coefficient (Wildman–Crippen LogP) is 4.15. The Hall–Kier alpha value is -2.16. The molecule has 2 aromatic heterocycles. The van der Waals surface area contributed by atoms with Gasteiger partial charge in [-0.2, -0.15) is 4.31 Å². The molecule has 1 fully saturated rings. The average Bonchev–Trinajstić information content (AvgIpc) is 3.35. The van der Waals surface area contributed by atoms with Crippen molar-refractivity contribution in [2.24, 2.45) is 0 Å². The van der Waals surface area contributed by atoms with E-state index in [-0.39, 0.29) is 15.7 Å². The highest BCUT2D eigenvalue weighted by Crippen LogP contribution is 2.28. The first-order valence-electron chi connectivity index (χ1n) is 9.48. The molecule has 1 aromatic carbocycles. The van der Waals surface area contributed by atoms with E-state index < -0.39 is 10.0 Å². The molecule has 8 heteroatoms. The number of nitrogens with zero attached hydrogens (tertiary/aromatic N) is 2. The molecule has 0 bridgehead atoms. The first-order valence-corrected chi connectivity index (χ1v) is 11.8. The third-order valence-corrected chi connectivity index (χ3v) is 8.12. The summed E-state index contributed by atoms with van der Waals surface area (Å²) in [5, 5.41) is 5.56. The summed E-state index contributed by atoms with van der Waals surface area (Å²) in [5.74, 6) is -0.389. The van der Waals surface area contributed by atoms with Gasteiger partial charge in [0.25, 0.3) is 5.91 Å². The van der Waals surface area contributed by atoms with Crippen LogP contribution in [0, 0.1) is 0 Å². The van der Waals surface area contributed by atoms with Gasteiger partial charge in [0.1, 0.15) is 9.77 Å². The van der Waals surface area contributed by atoms with Crippen molar-refractivity contribution < 1.29 is 13.2 Å². The average molecular weight is 418 g/mol. The number of aromatic nitrogens is 1. The molecular formula is C20H23N3O3S2. The number of nitrogens with one attached hydrogen (secondary N) is 1. The standard InChI is InChI=1S/C20H23N3O3S2/c1-2-22-12-8-15-14-16(6-7-17(15)22)21-20(24)19-18(9-13-27-19)28(25,26)23-10-4-3-5-11-23/h6-9,12-14H,2-5,10-11H2,1H3,(H,21,24). The van der Waals surface area contributed by atoms with Crippen molar-refractivity contribution in [3.05, 3.63) is 46.8 Å². The normalized spacial score (nSPS) is 15.8. The van der Waals surface area contributed by atoms with Crippen molar-refractivity contribution in [1.82, 2.24) is 8.87 Å². The fourth-order valence-corrected chi connectivity index (χ4v) is 6.46. The number of thiophene rings is 1. The zero-order valence-corrected chi connectivity index (χ0v) is 17.4. The number of carbonyl (C=O) groups is 1. The summed E-state index contributed by atoms with van der Waals surface area (Å²) < 4.78 is 29.6. The molecule has 0 unspecified atom stereocenters. The van der Waals surface area contributed by atoms with Crippen LogP contribution in [0.1, 0.15) is 35.9 Å². The van der Waals surface area contributed by atoms with E-state index in [1.807, 2.05) is 30.5 Å². The van der Waals surface area contributed by atoms with Gasteiger partial charge >= 0.3 is 0 Å². The van der Waals surface area contributed by atoms with Crippen LogP contribution in [0.25, 0.3) is 10.9 Å². The second kappa shape index (κ2) is 7.69. The molecule has 3 aromatic rings. The summed E-state index contributed by atoms with van der Waals surface area (Å²) in [7, 11) is -3.64. The fraction of sp³-hybridized carbons (Fsp3) is 0.350. The van der Waals surface area contributed by atoms with Crippen molar-refractivity contribution in [1.29, 1.82) is 0 Å². The molecule has 4 rings (SSSR count). The van der Waals surface area contributed by atoms with Crippen LogP contribution in [-0.4, -0.2) is 36.3 Å². The molecular weight excluding hydrogens is 394 g/mol. The Bertz CT molecular complexity index is 1110. The molecule has 0 spiro atoms. The van der Waals surface area contributed by atoms with E-state index >= 15 is 0 Å². The van der Waals surface area contributed by atoms with Gasteiger partial charge in [-0.3, -0.25) is 4.79 Å². The predicted molar refractivity (Wildman–Crippen MR) is 112 cm³/mol. The number of aryl methyl sites for hydroxylation is 1. The summed E-state index contributed by atoms with van der Waals surface area (Å²) >= 11 is 1.16. The second-order valence-corrected chi connectivity index (χ2v) is 9.73. The number of hydrogen-bond acceptors (Lipinski definition) is 4. The molecule has 0 radical (unpaired) electrons. The van der Waals surface area contributed by atoms with Crippen LogP contribution in [-0.2, 0) is 16.6 Å². The molecule has 28 heavy (non-hydrogen) atoms. The number of benzene rings is 1. The van der Waals surface area contributed by atoms with Gasteiger partial charge in [-0.15, -0.1) is 11.3 Å². The highest BCUT2D eigenvalue weighted by Gasteiger charge is 2.31. The summed E-state index contributed by atoms with van der Waals surface area (Å²) in [5.41, 5.74) is 1.76. The van der Waals surface area contributed by atoms with Crippen LogP contribution in [0.15, 0.2) is 46.8 Å². The van der Waals surface area contributed by atoms with Crippen molar-refractivity contribution >= 4 is 43.9 Å². The van der Waals surface area contributed by atoms with Crippen LogP contribution in [0.5, 0.6) is 0 Å². The molecule has 1 aliphatic heterocycles. The first-order chi connectivity index (χ1) is 13.5. The third-order valence-electron chi connectivity index (χ3n) is 5.14. The van der Waals surface area contributed by atoms with Crippen molar-refractivity contribution in [3.8, 4) is 0 Å². The number of fused-ring (bicyclic) bond motifs is 1. The lowest BCUT2D eigenvalue weighted by atomic mass is 10.2. The van der Waals surface area contributed by atoms with Crippen LogP contribution in [0.4, 0.5) is 5.69 Å². The number of amides is 1. The fourth-order valence-electron chi connectivity index (χ4n) is 3.65. The maximum absolute atomic E-state index is 13.0. The molecule has 1 saturated heterocycles. The monoisotopic (exact) mass is 417 g/mol. The molecule has 0 aliphatic carbocycles. The lowest BCUT2D eigenvalue weighted by Gasteiger charge is -2.25. The van der Waals surface area contributed by atoms with E-state index in [1.165, 1.54) is 10.4 Å². The number of sulfonamides is 1. The first kappa shape index (κ1) is 19.2. The molecule has 0 saturated carbocycles. The van der Waals surface area contributed by atoms with Gasteiger partial charge in [0.2, 0.25) is 10.0 Å². The Balaban J connectivity index is 1.59. The molecule has 1 amide bonds. The van der Waals surface area contributed by atoms with Crippen molar-refractivity contribution in [2.75, 3.05) is 18.4 Å². The Morgan fingerprint density at radius 2 is 1.93 bits per heavy atom. The van der Waals surface area contributed by atoms with Gasteiger partial charge < -0.3 is 9.88 Å². The SMILES string of the molecule is CCn1ccc2cc(NC(=O)c3sccc3S(=O)(=O)N3CCCCC3)ccc21. The summed E-state index contributed by atoms with van der Waals surface area (Å²) in [6.45, 7) is 3.99. The zero-order valence-electron chi connectivity index (χ0n) is 15.7. The van der Waals surface area contributed by atoms with E-state index in [1.54, 1.807) is 5.38 Å². The Kier molecular flexibility index (Phi) is 5.27. The molecule has 0 atom stereocenters. The minimum absolute atomic E-state index is 0.107. The van der Waals surface area contributed by atoms with Gasteiger partial charge in [-0.1, -0.05) is 6.42 Å². The van der Waals surface area contributed by atoms with Gasteiger partial charge in [-0.25, -0.2) is 8.42 Å². The van der Waals surface area contributed by atoms with Crippen LogP contribution >= 0.6 is 11.3 Å². The van der Waals surface area contributed by atoms with Crippen molar-refractivity contribution in [3.63, 3.8) is 0 Å². The van der Waals surface area contributed by atoms with Crippen LogP contribution < -0.4 is 5.32 Å². The maximum Gasteiger partial charge on any atom is 0.267 e. The maximum atomic E-state index is 13.0. The molecule has 3 heterocycles. The van der Waals surface area contributed by atoms with E-state index in [9.17, 15) is 13.2 Å². The zero-order chi connectivity index (χ0) is 19.7. The van der Waals surface area contributed by atoms with E-state index in [0.29, 0.717) is 18.8 Å². The van der Waals surface area contributed by atoms with Gasteiger partial charge in [0, 0.05) is 42.4 Å². The van der Waals surface area contributed by atoms with Crippen molar-refractivity contribution in [2.45, 2.75) is 37.6 Å². The van der Waals surface area contributed by atoms with E-state index in [4.69, 9.17) is 0 Å². The Morgan fingerprint density at radius 3 is 2.68 bits per heavy atom. The number of hydrogen-bond donors (Lipinski definition) is 1. The van der Waals surface area contributed by atoms with Gasteiger partial charge in [0.15, 0.2) is 0 Å². The van der Waals surface area contributed by atoms with E-state index in [0.717, 1.165) is 48.0 Å². The number of rotatable bonds is 5. The van der Waals surface area contributed by atoms with Crippen LogP contribution in [0.3, 0.4) is 0 Å². The second-order valence-electron chi connectivity index (χ2n) is 6.91. The molecule has 6 nitrogen and oxygen atoms in total. The number of anilines is 1. The molecule has 148 valence electrons. The Morgan fingerprint density at radius 1 is 1.14 bits per heavy atom. The third kappa shape index (κ3) is 3.47. The minimum Gasteiger partial charge on any atom is -0.348 e. The minimum atomic E-state index is -3.64. The molecule has 1 N–H and O–H groups in total. The van der Waals surface area contributed by atoms with Crippen LogP contribution in [0.2, 0.25) is 0 Å². The lowest BCUT2D eigenvalue weighted by molar-refractivity contribution is 0.102. The lowest BCUT2D eigenvalue weighted by Crippen LogP contribution is -2.36. The summed E-state index contributed by atoms with van der Waals surface area (Å²) in [6, 6.07) is 9.26. The number of carbonyl (C=O) groups excluding carboxylic acids is 1. The van der Waals surface area contributed by atoms with Gasteiger partial charge in [0.05, 0.1) is 0 Å². The highest BCUT2D eigenvalue weighted by molar-refractivity contribution is 7.89. The smallest absolute Gasteiger partial charge is 0.267 e. The molecule has 1 aliphatic rings.